The van der Waals surface area contributed by atoms with Gasteiger partial charge in [0.25, 0.3) is 0 Å². The maximum absolute atomic E-state index is 12.2. The number of hydrogen-bond donors (Lipinski definition) is 2. The zero-order chi connectivity index (χ0) is 15.6. The predicted molar refractivity (Wildman–Crippen MR) is 81.3 cm³/mol. The Kier molecular flexibility index (Phi) is 8.01. The van der Waals surface area contributed by atoms with E-state index in [1.54, 1.807) is 25.3 Å². The van der Waals surface area contributed by atoms with Gasteiger partial charge < -0.3 is 9.84 Å². The smallest absolute Gasteiger partial charge is 0.241 e. The van der Waals surface area contributed by atoms with Gasteiger partial charge in [0.05, 0.1) is 4.90 Å². The van der Waals surface area contributed by atoms with Crippen molar-refractivity contribution in [2.45, 2.75) is 24.2 Å². The molecule has 0 saturated carbocycles. The van der Waals surface area contributed by atoms with Crippen molar-refractivity contribution in [2.75, 3.05) is 26.9 Å². The number of nitrogens with one attached hydrogen (secondary N) is 1. The molecule has 1 aromatic carbocycles. The third kappa shape index (κ3) is 6.27. The van der Waals surface area contributed by atoms with Crippen LogP contribution in [0.3, 0.4) is 0 Å². The molecule has 0 bridgehead atoms. The maximum atomic E-state index is 12.2. The van der Waals surface area contributed by atoms with Gasteiger partial charge in [-0.15, -0.1) is 0 Å². The minimum Gasteiger partial charge on any atom is -0.385 e. The number of hydrogen-bond acceptors (Lipinski definition) is 4. The van der Waals surface area contributed by atoms with Crippen LogP contribution in [0, 0.1) is 11.8 Å². The van der Waals surface area contributed by atoms with E-state index in [4.69, 9.17) is 9.84 Å². The monoisotopic (exact) mass is 311 g/mol. The molecule has 116 valence electrons. The first-order valence-electron chi connectivity index (χ1n) is 6.79. The number of methoxy groups -OCH3 is 1. The van der Waals surface area contributed by atoms with Crippen LogP contribution < -0.4 is 4.72 Å². The Bertz CT molecular complexity index is 587. The molecule has 0 aliphatic carbocycles. The summed E-state index contributed by atoms with van der Waals surface area (Å²) in [5, 5.41) is 8.72. The molecule has 5 nitrogen and oxygen atoms in total. The summed E-state index contributed by atoms with van der Waals surface area (Å²) in [7, 11) is -1.93. The summed E-state index contributed by atoms with van der Waals surface area (Å²) >= 11 is 0. The number of aliphatic hydroxyl groups excluding tert-OH is 1. The Labute approximate surface area is 126 Å². The molecule has 2 N–H and O–H groups in total. The minimum absolute atomic E-state index is 0.142. The van der Waals surface area contributed by atoms with E-state index in [1.165, 1.54) is 6.07 Å². The normalized spacial score (nSPS) is 11.0. The Morgan fingerprint density at radius 1 is 1.24 bits per heavy atom. The molecule has 0 amide bonds. The topological polar surface area (TPSA) is 75.6 Å². The highest BCUT2D eigenvalue weighted by atomic mass is 32.2. The van der Waals surface area contributed by atoms with E-state index >= 15 is 0 Å². The van der Waals surface area contributed by atoms with E-state index < -0.39 is 10.0 Å². The first-order chi connectivity index (χ1) is 10.1. The molecule has 0 aliphatic rings. The molecule has 1 rings (SSSR count). The van der Waals surface area contributed by atoms with Crippen LogP contribution >= 0.6 is 0 Å². The molecule has 21 heavy (non-hydrogen) atoms. The van der Waals surface area contributed by atoms with Crippen molar-refractivity contribution in [1.82, 2.24) is 4.72 Å². The van der Waals surface area contributed by atoms with Crippen molar-refractivity contribution >= 4 is 10.0 Å². The Hall–Kier alpha value is -1.39. The molecule has 0 heterocycles. The second-order valence-electron chi connectivity index (χ2n) is 4.41. The summed E-state index contributed by atoms with van der Waals surface area (Å²) in [6.07, 6.45) is 2.58. The van der Waals surface area contributed by atoms with E-state index in [-0.39, 0.29) is 11.5 Å². The van der Waals surface area contributed by atoms with Crippen molar-refractivity contribution in [2.24, 2.45) is 0 Å². The number of rotatable bonds is 8. The maximum Gasteiger partial charge on any atom is 0.241 e. The van der Waals surface area contributed by atoms with Crippen LogP contribution in [0.4, 0.5) is 0 Å². The van der Waals surface area contributed by atoms with E-state index in [1.807, 2.05) is 0 Å². The molecule has 0 saturated heterocycles. The fourth-order valence-electron chi connectivity index (χ4n) is 1.77. The zero-order valence-corrected chi connectivity index (χ0v) is 12.9. The van der Waals surface area contributed by atoms with Crippen LogP contribution in [0.1, 0.15) is 24.8 Å². The van der Waals surface area contributed by atoms with Crippen molar-refractivity contribution in [3.63, 3.8) is 0 Å². The average molecular weight is 311 g/mol. The summed E-state index contributed by atoms with van der Waals surface area (Å²) in [5.41, 5.74) is 0.387. The number of sulfonamides is 1. The van der Waals surface area contributed by atoms with Gasteiger partial charge in [-0.2, -0.15) is 0 Å². The summed E-state index contributed by atoms with van der Waals surface area (Å²) in [4.78, 5) is 0.142. The Morgan fingerprint density at radius 3 is 2.71 bits per heavy atom. The molecule has 0 aromatic heterocycles. The summed E-state index contributed by atoms with van der Waals surface area (Å²) < 4.78 is 32.0. The minimum atomic E-state index is -3.58. The van der Waals surface area contributed by atoms with E-state index in [0.717, 1.165) is 19.3 Å². The van der Waals surface area contributed by atoms with Gasteiger partial charge in [0.1, 0.15) is 6.61 Å². The van der Waals surface area contributed by atoms with Gasteiger partial charge >= 0.3 is 0 Å². The molecular weight excluding hydrogens is 290 g/mol. The van der Waals surface area contributed by atoms with E-state index in [0.29, 0.717) is 18.7 Å². The molecule has 0 atom stereocenters. The number of unbranched alkanes of at least 4 members (excludes halogenated alkanes) is 2. The first-order valence-corrected chi connectivity index (χ1v) is 8.27. The second kappa shape index (κ2) is 9.53. The quantitative estimate of drug-likeness (QED) is 0.557. The highest BCUT2D eigenvalue weighted by molar-refractivity contribution is 7.89. The van der Waals surface area contributed by atoms with Crippen molar-refractivity contribution in [1.29, 1.82) is 0 Å². The van der Waals surface area contributed by atoms with E-state index in [2.05, 4.69) is 16.6 Å². The number of ether oxygens (including phenoxy) is 1. The molecule has 0 unspecified atom stereocenters. The van der Waals surface area contributed by atoms with Gasteiger partial charge in [-0.25, -0.2) is 13.1 Å². The molecule has 1 aromatic rings. The zero-order valence-electron chi connectivity index (χ0n) is 12.1. The van der Waals surface area contributed by atoms with Crippen LogP contribution in [-0.4, -0.2) is 40.4 Å². The van der Waals surface area contributed by atoms with Gasteiger partial charge in [-0.1, -0.05) is 24.0 Å². The van der Waals surface area contributed by atoms with Crippen molar-refractivity contribution in [3.05, 3.63) is 29.8 Å². The van der Waals surface area contributed by atoms with Crippen molar-refractivity contribution in [3.8, 4) is 11.8 Å². The third-order valence-electron chi connectivity index (χ3n) is 2.80. The van der Waals surface area contributed by atoms with Crippen LogP contribution in [0.25, 0.3) is 0 Å². The van der Waals surface area contributed by atoms with Crippen LogP contribution in [0.15, 0.2) is 29.2 Å². The molecule has 0 aliphatic heterocycles. The van der Waals surface area contributed by atoms with Crippen LogP contribution in [0.5, 0.6) is 0 Å². The largest absolute Gasteiger partial charge is 0.385 e. The fourth-order valence-corrected chi connectivity index (χ4v) is 3.01. The average Bonchev–Trinajstić information content (AvgIpc) is 2.49. The summed E-state index contributed by atoms with van der Waals surface area (Å²) in [5.74, 6) is 5.12. The SMILES string of the molecule is COCCCCCNS(=O)(=O)c1ccccc1C#CCO. The highest BCUT2D eigenvalue weighted by Crippen LogP contribution is 2.14. The predicted octanol–water partition coefficient (Wildman–Crippen LogP) is 1.13. The second-order valence-corrected chi connectivity index (χ2v) is 6.14. The Balaban J connectivity index is 2.66. The third-order valence-corrected chi connectivity index (χ3v) is 4.32. The van der Waals surface area contributed by atoms with Gasteiger partial charge in [-0.05, 0) is 31.4 Å². The summed E-state index contributed by atoms with van der Waals surface area (Å²) in [6, 6.07) is 6.49. The lowest BCUT2D eigenvalue weighted by atomic mass is 10.2. The fraction of sp³-hybridized carbons (Fsp3) is 0.467. The van der Waals surface area contributed by atoms with Crippen LogP contribution in [0.2, 0.25) is 0 Å². The van der Waals surface area contributed by atoms with E-state index in [9.17, 15) is 8.42 Å². The lowest BCUT2D eigenvalue weighted by Gasteiger charge is -2.08. The summed E-state index contributed by atoms with van der Waals surface area (Å²) in [6.45, 7) is 0.765. The van der Waals surface area contributed by atoms with Gasteiger partial charge in [-0.3, -0.25) is 0 Å². The number of benzene rings is 1. The van der Waals surface area contributed by atoms with Gasteiger partial charge in [0, 0.05) is 25.8 Å². The van der Waals surface area contributed by atoms with Gasteiger partial charge in [0.2, 0.25) is 10.0 Å². The van der Waals surface area contributed by atoms with Gasteiger partial charge in [0.15, 0.2) is 0 Å². The van der Waals surface area contributed by atoms with Crippen molar-refractivity contribution < 1.29 is 18.3 Å². The number of aliphatic hydroxyl groups is 1. The first kappa shape index (κ1) is 17.7. The van der Waals surface area contributed by atoms with Crippen LogP contribution in [-0.2, 0) is 14.8 Å². The molecule has 6 heteroatoms. The molecule has 0 radical (unpaired) electrons. The molecule has 0 spiro atoms. The standard InChI is InChI=1S/C15H21NO4S/c1-20-13-6-2-5-11-16-21(18,19)15-10-4-3-8-14(15)9-7-12-17/h3-4,8,10,16-17H,2,5-6,11-13H2,1H3. The molecular formula is C15H21NO4S. The lowest BCUT2D eigenvalue weighted by Crippen LogP contribution is -2.25. The molecule has 0 fully saturated rings. The Morgan fingerprint density at radius 2 is 2.00 bits per heavy atom. The highest BCUT2D eigenvalue weighted by Gasteiger charge is 2.16. The lowest BCUT2D eigenvalue weighted by molar-refractivity contribution is 0.192.